The van der Waals surface area contributed by atoms with Gasteiger partial charge in [0, 0.05) is 6.42 Å². The summed E-state index contributed by atoms with van der Waals surface area (Å²) in [6.07, 6.45) is 61.6. The third-order valence-corrected chi connectivity index (χ3v) is 12.7. The number of hydrogen-bond donors (Lipinski definition) is 3. The van der Waals surface area contributed by atoms with Crippen molar-refractivity contribution in [3.05, 3.63) is 60.8 Å². The lowest BCUT2D eigenvalue weighted by Crippen LogP contribution is -2.45. The molecule has 0 heterocycles. The Hall–Kier alpha value is -1.80. The van der Waals surface area contributed by atoms with Gasteiger partial charge in [0.2, 0.25) is 5.91 Å². The molecular formula is C55H104N2O6P+. The molecule has 374 valence electrons. The molecule has 0 rings (SSSR count). The van der Waals surface area contributed by atoms with Gasteiger partial charge in [0.25, 0.3) is 0 Å². The highest BCUT2D eigenvalue weighted by Crippen LogP contribution is 2.43. The van der Waals surface area contributed by atoms with Gasteiger partial charge in [-0.2, -0.15) is 0 Å². The number of nitrogens with zero attached hydrogens (tertiary/aromatic N) is 1. The number of rotatable bonds is 48. The smallest absolute Gasteiger partial charge is 0.387 e. The van der Waals surface area contributed by atoms with Crippen molar-refractivity contribution in [3.8, 4) is 0 Å². The van der Waals surface area contributed by atoms with Crippen LogP contribution in [0.5, 0.6) is 0 Å². The summed E-state index contributed by atoms with van der Waals surface area (Å²) in [7, 11) is 1.55. The van der Waals surface area contributed by atoms with Gasteiger partial charge in [-0.25, -0.2) is 4.57 Å². The van der Waals surface area contributed by atoms with Crippen LogP contribution in [0.15, 0.2) is 60.8 Å². The molecule has 0 aromatic carbocycles. The molecule has 0 aliphatic rings. The highest BCUT2D eigenvalue weighted by Gasteiger charge is 2.27. The minimum atomic E-state index is -4.35. The van der Waals surface area contributed by atoms with E-state index in [-0.39, 0.29) is 19.1 Å². The Morgan fingerprint density at radius 1 is 0.531 bits per heavy atom. The average Bonchev–Trinajstić information content (AvgIpc) is 3.25. The molecule has 8 nitrogen and oxygen atoms in total. The molecule has 0 spiro atoms. The van der Waals surface area contributed by atoms with Crippen molar-refractivity contribution in [3.63, 3.8) is 0 Å². The van der Waals surface area contributed by atoms with Crippen LogP contribution in [0.1, 0.15) is 232 Å². The first-order valence-electron chi connectivity index (χ1n) is 26.7. The van der Waals surface area contributed by atoms with Crippen LogP contribution in [0, 0.1) is 0 Å². The number of allylic oxidation sites excluding steroid dienone is 9. The topological polar surface area (TPSA) is 105 Å². The molecule has 0 bridgehead atoms. The van der Waals surface area contributed by atoms with E-state index in [9.17, 15) is 19.4 Å². The quantitative estimate of drug-likeness (QED) is 0.0243. The molecule has 0 aromatic rings. The Bertz CT molecular complexity index is 1230. The van der Waals surface area contributed by atoms with Crippen LogP contribution < -0.4 is 5.32 Å². The summed E-state index contributed by atoms with van der Waals surface area (Å²) in [5.74, 6) is -0.192. The van der Waals surface area contributed by atoms with E-state index in [0.29, 0.717) is 17.4 Å². The van der Waals surface area contributed by atoms with Gasteiger partial charge < -0.3 is 19.8 Å². The van der Waals surface area contributed by atoms with Crippen LogP contribution in [-0.4, -0.2) is 73.4 Å². The summed E-state index contributed by atoms with van der Waals surface area (Å²) in [6.45, 7) is 4.78. The lowest BCUT2D eigenvalue weighted by Gasteiger charge is -2.25. The number of phosphoric ester groups is 1. The summed E-state index contributed by atoms with van der Waals surface area (Å²) in [6, 6.07) is -0.868. The van der Waals surface area contributed by atoms with Crippen LogP contribution in [0.4, 0.5) is 0 Å². The van der Waals surface area contributed by atoms with Gasteiger partial charge in [-0.15, -0.1) is 0 Å². The van der Waals surface area contributed by atoms with E-state index in [1.165, 1.54) is 161 Å². The van der Waals surface area contributed by atoms with E-state index >= 15 is 0 Å². The van der Waals surface area contributed by atoms with E-state index in [0.717, 1.165) is 51.4 Å². The van der Waals surface area contributed by atoms with Crippen molar-refractivity contribution in [2.75, 3.05) is 40.9 Å². The molecule has 0 aromatic heterocycles. The molecule has 3 atom stereocenters. The van der Waals surface area contributed by atoms with Crippen molar-refractivity contribution < 1.29 is 32.9 Å². The van der Waals surface area contributed by atoms with E-state index < -0.39 is 20.0 Å². The van der Waals surface area contributed by atoms with Crippen molar-refractivity contribution in [1.29, 1.82) is 0 Å². The number of carbonyl (C=O) groups is 1. The zero-order valence-corrected chi connectivity index (χ0v) is 43.4. The van der Waals surface area contributed by atoms with E-state index in [1.807, 2.05) is 27.2 Å². The second-order valence-electron chi connectivity index (χ2n) is 19.2. The maximum Gasteiger partial charge on any atom is 0.472 e. The molecule has 9 heteroatoms. The highest BCUT2D eigenvalue weighted by atomic mass is 31.2. The largest absolute Gasteiger partial charge is 0.472 e. The summed E-state index contributed by atoms with van der Waals surface area (Å²) in [4.78, 5) is 23.2. The number of aliphatic hydroxyl groups is 1. The fourth-order valence-electron chi connectivity index (χ4n) is 7.48. The SMILES string of the molecule is CCCCCCC/C=C\C/C=C\C/C=C\CCCCCCCCCCCCC(=O)NC(COP(=O)(O)OCC[N+](C)(C)C)C(O)/C=C/CC/C=C/CCCCCCCCCCCCC. The first kappa shape index (κ1) is 62.2. The van der Waals surface area contributed by atoms with Crippen LogP contribution in [-0.2, 0) is 18.4 Å². The summed E-state index contributed by atoms with van der Waals surface area (Å²) in [5, 5.41) is 13.9. The number of hydrogen-bond acceptors (Lipinski definition) is 5. The number of nitrogens with one attached hydrogen (secondary N) is 1. The van der Waals surface area contributed by atoms with Crippen molar-refractivity contribution in [2.45, 2.75) is 244 Å². The number of likely N-dealkylation sites (N-methyl/N-ethyl adjacent to an activating group) is 1. The van der Waals surface area contributed by atoms with Crippen molar-refractivity contribution in [1.82, 2.24) is 5.32 Å². The Kier molecular flexibility index (Phi) is 45.0. The van der Waals surface area contributed by atoms with E-state index in [4.69, 9.17) is 9.05 Å². The van der Waals surface area contributed by atoms with Crippen molar-refractivity contribution in [2.24, 2.45) is 0 Å². The standard InChI is InChI=1S/C55H103N2O6P/c1-6-8-10-12-14-16-18-20-22-24-25-26-27-28-29-30-31-33-35-37-39-41-43-45-47-49-55(59)56-53(52-63-64(60,61)62-51-50-57(3,4)5)54(58)48-46-44-42-40-38-36-34-32-23-21-19-17-15-13-11-9-7-2/h18,20,24-25,27-28,38,40,46,48,53-54,58H,6-17,19,21-23,26,29-37,39,41-45,47,49-52H2,1-5H3,(H-,56,59,60,61)/p+1/b20-18-,25-24-,28-27-,40-38+,48-46+. The molecule has 3 unspecified atom stereocenters. The summed E-state index contributed by atoms with van der Waals surface area (Å²) >= 11 is 0. The molecule has 1 amide bonds. The predicted octanol–water partition coefficient (Wildman–Crippen LogP) is 15.8. The maximum atomic E-state index is 12.9. The lowest BCUT2D eigenvalue weighted by atomic mass is 10.0. The first-order valence-corrected chi connectivity index (χ1v) is 28.2. The fraction of sp³-hybridized carbons (Fsp3) is 0.800. The third kappa shape index (κ3) is 48.1. The molecule has 0 fully saturated rings. The van der Waals surface area contributed by atoms with Gasteiger partial charge in [-0.05, 0) is 70.6 Å². The van der Waals surface area contributed by atoms with E-state index in [1.54, 1.807) is 6.08 Å². The molecule has 64 heavy (non-hydrogen) atoms. The monoisotopic (exact) mass is 920 g/mol. The summed E-state index contributed by atoms with van der Waals surface area (Å²) in [5.41, 5.74) is 0. The number of phosphoric acid groups is 1. The normalized spacial score (nSPS) is 14.5. The Morgan fingerprint density at radius 2 is 0.906 bits per heavy atom. The molecule has 0 radical (unpaired) electrons. The van der Waals surface area contributed by atoms with Gasteiger partial charge in [-0.3, -0.25) is 13.8 Å². The highest BCUT2D eigenvalue weighted by molar-refractivity contribution is 7.47. The number of unbranched alkanes of at least 4 members (excludes halogenated alkanes) is 27. The van der Waals surface area contributed by atoms with Gasteiger partial charge in [0.05, 0.1) is 39.9 Å². The van der Waals surface area contributed by atoms with Gasteiger partial charge in [-0.1, -0.05) is 216 Å². The van der Waals surface area contributed by atoms with Crippen LogP contribution in [0.3, 0.4) is 0 Å². The van der Waals surface area contributed by atoms with Crippen molar-refractivity contribution >= 4 is 13.7 Å². The predicted molar refractivity (Wildman–Crippen MR) is 277 cm³/mol. The molecule has 0 saturated heterocycles. The number of carbonyl (C=O) groups excluding carboxylic acids is 1. The van der Waals surface area contributed by atoms with Gasteiger partial charge in [0.15, 0.2) is 0 Å². The molecule has 0 aliphatic carbocycles. The third-order valence-electron chi connectivity index (χ3n) is 11.7. The van der Waals surface area contributed by atoms with Crippen LogP contribution >= 0.6 is 7.82 Å². The lowest BCUT2D eigenvalue weighted by molar-refractivity contribution is -0.870. The maximum absolute atomic E-state index is 12.9. The van der Waals surface area contributed by atoms with Gasteiger partial charge >= 0.3 is 7.82 Å². The van der Waals surface area contributed by atoms with Gasteiger partial charge in [0.1, 0.15) is 13.2 Å². The molecule has 3 N–H and O–H groups in total. The first-order chi connectivity index (χ1) is 31.0. The van der Waals surface area contributed by atoms with Crippen LogP contribution in [0.2, 0.25) is 0 Å². The Balaban J connectivity index is 4.31. The van der Waals surface area contributed by atoms with Crippen LogP contribution in [0.25, 0.3) is 0 Å². The fourth-order valence-corrected chi connectivity index (χ4v) is 8.21. The summed E-state index contributed by atoms with van der Waals surface area (Å²) < 4.78 is 23.6. The molecule has 0 saturated carbocycles. The molecular weight excluding hydrogens is 816 g/mol. The second kappa shape index (κ2) is 46.3. The minimum absolute atomic E-state index is 0.0535. The number of quaternary nitrogens is 1. The average molecular weight is 920 g/mol. The second-order valence-corrected chi connectivity index (χ2v) is 20.7. The zero-order valence-electron chi connectivity index (χ0n) is 42.5. The molecule has 0 aliphatic heterocycles. The van der Waals surface area contributed by atoms with E-state index in [2.05, 4.69) is 67.8 Å². The Labute approximate surface area is 396 Å². The number of aliphatic hydroxyl groups excluding tert-OH is 1. The number of amides is 1. The Morgan fingerprint density at radius 3 is 1.36 bits per heavy atom. The zero-order chi connectivity index (χ0) is 47.1. The minimum Gasteiger partial charge on any atom is -0.387 e.